The molecule has 168 valence electrons. The van der Waals surface area contributed by atoms with Crippen LogP contribution in [0.1, 0.15) is 147 Å². The van der Waals surface area contributed by atoms with Crippen molar-refractivity contribution in [3.63, 3.8) is 0 Å². The van der Waals surface area contributed by atoms with Crippen LogP contribution in [-0.2, 0) is 0 Å². The second-order valence-electron chi connectivity index (χ2n) is 11.5. The van der Waals surface area contributed by atoms with Crippen LogP contribution in [0.25, 0.3) is 0 Å². The van der Waals surface area contributed by atoms with Gasteiger partial charge in [-0.25, -0.2) is 0 Å². The van der Waals surface area contributed by atoms with Gasteiger partial charge in [0.15, 0.2) is 0 Å². The minimum atomic E-state index is 0.549. The number of unbranched alkanes of at least 4 members (excludes halogenated alkanes) is 3. The topological polar surface area (TPSA) is 0 Å². The highest BCUT2D eigenvalue weighted by Crippen LogP contribution is 2.22. The average Bonchev–Trinajstić information content (AvgIpc) is 2.49. The molecule has 0 saturated heterocycles. The number of hydrogen-bond acceptors (Lipinski definition) is 0. The Morgan fingerprint density at radius 3 is 1.11 bits per heavy atom. The summed E-state index contributed by atoms with van der Waals surface area (Å²) in [5, 5.41) is 0. The molecule has 0 amide bonds. The van der Waals surface area contributed by atoms with Crippen molar-refractivity contribution in [3.8, 4) is 0 Å². The zero-order valence-electron chi connectivity index (χ0n) is 21.9. The summed E-state index contributed by atoms with van der Waals surface area (Å²) < 4.78 is 0. The fourth-order valence-electron chi connectivity index (χ4n) is 2.68. The fourth-order valence-corrected chi connectivity index (χ4v) is 2.68. The van der Waals surface area contributed by atoms with E-state index in [1.54, 1.807) is 0 Å². The van der Waals surface area contributed by atoms with Crippen LogP contribution in [0.5, 0.6) is 0 Å². The van der Waals surface area contributed by atoms with Gasteiger partial charge in [-0.2, -0.15) is 0 Å². The van der Waals surface area contributed by atoms with Gasteiger partial charge in [0.25, 0.3) is 0 Å². The average molecular weight is 385 g/mol. The van der Waals surface area contributed by atoms with Crippen LogP contribution >= 0.6 is 0 Å². The maximum absolute atomic E-state index is 2.32. The van der Waals surface area contributed by atoms with Gasteiger partial charge in [-0.1, -0.05) is 141 Å². The molecule has 0 unspecified atom stereocenters. The Morgan fingerprint density at radius 2 is 0.852 bits per heavy atom. The van der Waals surface area contributed by atoms with Crippen LogP contribution in [0.2, 0.25) is 0 Å². The minimum absolute atomic E-state index is 0.549. The van der Waals surface area contributed by atoms with Crippen molar-refractivity contribution >= 4 is 0 Å². The predicted octanol–water partition coefficient (Wildman–Crippen LogP) is 10.6. The van der Waals surface area contributed by atoms with Gasteiger partial charge >= 0.3 is 0 Å². The monoisotopic (exact) mass is 384 g/mol. The van der Waals surface area contributed by atoms with Crippen LogP contribution in [0.4, 0.5) is 0 Å². The summed E-state index contributed by atoms with van der Waals surface area (Å²) in [7, 11) is 0. The number of rotatable bonds is 11. The molecule has 0 heterocycles. The first-order valence-corrected chi connectivity index (χ1v) is 12.3. The summed E-state index contributed by atoms with van der Waals surface area (Å²) >= 11 is 0. The number of hydrogen-bond donors (Lipinski definition) is 0. The molecule has 0 radical (unpaired) electrons. The Bertz CT molecular complexity index is 236. The Kier molecular flexibility index (Phi) is 24.3. The van der Waals surface area contributed by atoms with E-state index in [0.29, 0.717) is 5.41 Å². The molecule has 0 aromatic heterocycles. The van der Waals surface area contributed by atoms with Crippen molar-refractivity contribution in [1.29, 1.82) is 0 Å². The molecule has 0 heteroatoms. The molecule has 0 aliphatic heterocycles. The highest BCUT2D eigenvalue weighted by atomic mass is 14.1. The van der Waals surface area contributed by atoms with E-state index in [4.69, 9.17) is 0 Å². The highest BCUT2D eigenvalue weighted by molar-refractivity contribution is 4.60. The Hall–Kier alpha value is 0. The Balaban J connectivity index is -0.000000322. The largest absolute Gasteiger partial charge is 0.0654 e. The van der Waals surface area contributed by atoms with Crippen LogP contribution in [0.3, 0.4) is 0 Å². The third-order valence-corrected chi connectivity index (χ3v) is 4.66. The second kappa shape index (κ2) is 20.7. The summed E-state index contributed by atoms with van der Waals surface area (Å²) in [6.45, 7) is 27.5. The van der Waals surface area contributed by atoms with Gasteiger partial charge in [0, 0.05) is 0 Å². The third kappa shape index (κ3) is 46.2. The van der Waals surface area contributed by atoms with Gasteiger partial charge < -0.3 is 0 Å². The molecular formula is C27H60. The molecule has 27 heavy (non-hydrogen) atoms. The predicted molar refractivity (Wildman–Crippen MR) is 131 cm³/mol. The van der Waals surface area contributed by atoms with Gasteiger partial charge in [-0.3, -0.25) is 0 Å². The van der Waals surface area contributed by atoms with E-state index in [0.717, 1.165) is 23.7 Å². The first kappa shape index (κ1) is 31.7. The van der Waals surface area contributed by atoms with Gasteiger partial charge in [0.05, 0.1) is 0 Å². The van der Waals surface area contributed by atoms with Crippen LogP contribution in [-0.4, -0.2) is 0 Å². The van der Waals surface area contributed by atoms with Gasteiger partial charge in [0.1, 0.15) is 0 Å². The zero-order chi connectivity index (χ0) is 21.9. The molecule has 0 atom stereocenters. The van der Waals surface area contributed by atoms with E-state index in [1.807, 2.05) is 0 Å². The van der Waals surface area contributed by atoms with Gasteiger partial charge in [0.2, 0.25) is 0 Å². The van der Waals surface area contributed by atoms with Gasteiger partial charge in [-0.15, -0.1) is 0 Å². The van der Waals surface area contributed by atoms with Crippen molar-refractivity contribution in [2.45, 2.75) is 147 Å². The standard InChI is InChI=1S/C10H22.C9H20.C8H18/c1-5-6-7-8-9-10(2,3)4;1-8(2)6-5-7-9(3)4;1-7(2)5-6-8(3)4/h5-9H2,1-4H3;8-9H,5-7H2,1-4H3;7-8H,5-6H2,1-4H3. The minimum Gasteiger partial charge on any atom is -0.0654 e. The van der Waals surface area contributed by atoms with Crippen molar-refractivity contribution in [3.05, 3.63) is 0 Å². The summed E-state index contributed by atoms with van der Waals surface area (Å²) in [6.07, 6.45) is 14.0. The van der Waals surface area contributed by atoms with Gasteiger partial charge in [-0.05, 0) is 35.5 Å². The fraction of sp³-hybridized carbons (Fsp3) is 1.00. The van der Waals surface area contributed by atoms with Crippen molar-refractivity contribution in [2.75, 3.05) is 0 Å². The highest BCUT2D eigenvalue weighted by Gasteiger charge is 2.08. The summed E-state index contributed by atoms with van der Waals surface area (Å²) in [6, 6.07) is 0. The molecular weight excluding hydrogens is 324 g/mol. The van der Waals surface area contributed by atoms with E-state index in [1.165, 1.54) is 64.2 Å². The Morgan fingerprint density at radius 1 is 0.481 bits per heavy atom. The van der Waals surface area contributed by atoms with Crippen LogP contribution < -0.4 is 0 Å². The lowest BCUT2D eigenvalue weighted by molar-refractivity contribution is 0.358. The molecule has 0 aromatic rings. The first-order valence-electron chi connectivity index (χ1n) is 12.3. The summed E-state index contributed by atoms with van der Waals surface area (Å²) in [4.78, 5) is 0. The van der Waals surface area contributed by atoms with E-state index in [9.17, 15) is 0 Å². The molecule has 0 aliphatic carbocycles. The van der Waals surface area contributed by atoms with Crippen molar-refractivity contribution in [1.82, 2.24) is 0 Å². The second-order valence-corrected chi connectivity index (χ2v) is 11.5. The maximum Gasteiger partial charge on any atom is -0.0383 e. The van der Waals surface area contributed by atoms with E-state index < -0.39 is 0 Å². The molecule has 0 fully saturated rings. The summed E-state index contributed by atoms with van der Waals surface area (Å²) in [5.41, 5.74) is 0.549. The molecule has 0 bridgehead atoms. The van der Waals surface area contributed by atoms with E-state index in [2.05, 4.69) is 83.1 Å². The quantitative estimate of drug-likeness (QED) is 0.311. The normalized spacial score (nSPS) is 11.6. The Labute approximate surface area is 176 Å². The SMILES string of the molecule is CC(C)CCC(C)C.CC(C)CCCC(C)C.CCCCCCC(C)(C)C. The molecule has 0 saturated carbocycles. The maximum atomic E-state index is 2.32. The van der Waals surface area contributed by atoms with Crippen LogP contribution in [0.15, 0.2) is 0 Å². The lowest BCUT2D eigenvalue weighted by Crippen LogP contribution is -2.03. The molecule has 0 aliphatic rings. The molecule has 0 spiro atoms. The lowest BCUT2D eigenvalue weighted by atomic mass is 9.89. The first-order chi connectivity index (χ1) is 12.3. The third-order valence-electron chi connectivity index (χ3n) is 4.66. The molecule has 0 aromatic carbocycles. The smallest absolute Gasteiger partial charge is 0.0383 e. The molecule has 0 N–H and O–H groups in total. The molecule has 0 rings (SSSR count). The van der Waals surface area contributed by atoms with Crippen molar-refractivity contribution < 1.29 is 0 Å². The van der Waals surface area contributed by atoms with Crippen molar-refractivity contribution in [2.24, 2.45) is 29.1 Å². The zero-order valence-corrected chi connectivity index (χ0v) is 21.9. The van der Waals surface area contributed by atoms with E-state index >= 15 is 0 Å². The lowest BCUT2D eigenvalue weighted by Gasteiger charge is -2.17. The molecule has 0 nitrogen and oxygen atoms in total. The van der Waals surface area contributed by atoms with Crippen LogP contribution in [0, 0.1) is 29.1 Å². The summed E-state index contributed by atoms with van der Waals surface area (Å²) in [5.74, 6) is 3.56. The van der Waals surface area contributed by atoms with E-state index in [-0.39, 0.29) is 0 Å².